The zero-order chi connectivity index (χ0) is 15.7. The molecule has 22 heavy (non-hydrogen) atoms. The lowest BCUT2D eigenvalue weighted by Crippen LogP contribution is -2.24. The van der Waals surface area contributed by atoms with Crippen LogP contribution in [0.1, 0.15) is 24.0 Å². The number of carbonyl (C=O) groups excluding carboxylic acids is 1. The first-order valence-electron chi connectivity index (χ1n) is 7.39. The summed E-state index contributed by atoms with van der Waals surface area (Å²) in [6.45, 7) is 2.63. The van der Waals surface area contributed by atoms with E-state index in [9.17, 15) is 4.79 Å². The molecule has 1 aliphatic rings. The van der Waals surface area contributed by atoms with Crippen molar-refractivity contribution >= 4 is 27.5 Å². The second-order valence-corrected chi connectivity index (χ2v) is 6.35. The molecule has 1 unspecified atom stereocenters. The normalized spacial score (nSPS) is 16.8. The standard InChI is InChI=1S/C18H18BrNO2/c1-3-22-14-7-4-12(5-8-14)10-16-15-11-13(19)6-9-17(15)20(2)18(16)21/h4-9,11,16H,3,10H2,1-2H3. The third-order valence-corrected chi connectivity index (χ3v) is 4.52. The highest BCUT2D eigenvalue weighted by atomic mass is 79.9. The molecule has 2 aromatic rings. The quantitative estimate of drug-likeness (QED) is 0.820. The lowest BCUT2D eigenvalue weighted by atomic mass is 9.93. The van der Waals surface area contributed by atoms with Crippen molar-refractivity contribution < 1.29 is 9.53 Å². The van der Waals surface area contributed by atoms with Crippen LogP contribution in [0, 0.1) is 0 Å². The highest BCUT2D eigenvalue weighted by Gasteiger charge is 2.35. The largest absolute Gasteiger partial charge is 0.494 e. The molecule has 1 atom stereocenters. The maximum absolute atomic E-state index is 12.5. The van der Waals surface area contributed by atoms with Crippen molar-refractivity contribution in [2.45, 2.75) is 19.3 Å². The van der Waals surface area contributed by atoms with E-state index in [2.05, 4.69) is 22.0 Å². The number of nitrogens with zero attached hydrogens (tertiary/aromatic N) is 1. The van der Waals surface area contributed by atoms with E-state index in [4.69, 9.17) is 4.74 Å². The Morgan fingerprint density at radius 3 is 2.59 bits per heavy atom. The topological polar surface area (TPSA) is 29.5 Å². The second kappa shape index (κ2) is 6.13. The van der Waals surface area contributed by atoms with Gasteiger partial charge < -0.3 is 9.64 Å². The molecule has 1 aliphatic heterocycles. The summed E-state index contributed by atoms with van der Waals surface area (Å²) >= 11 is 3.50. The van der Waals surface area contributed by atoms with Crippen molar-refractivity contribution in [3.8, 4) is 5.75 Å². The average Bonchev–Trinajstić information content (AvgIpc) is 2.74. The van der Waals surface area contributed by atoms with E-state index in [1.54, 1.807) is 4.90 Å². The van der Waals surface area contributed by atoms with E-state index in [1.165, 1.54) is 0 Å². The van der Waals surface area contributed by atoms with E-state index in [-0.39, 0.29) is 11.8 Å². The SMILES string of the molecule is CCOc1ccc(CC2C(=O)N(C)c3ccc(Br)cc32)cc1. The van der Waals surface area contributed by atoms with E-state index >= 15 is 0 Å². The first kappa shape index (κ1) is 15.1. The summed E-state index contributed by atoms with van der Waals surface area (Å²) in [5, 5.41) is 0. The van der Waals surface area contributed by atoms with Gasteiger partial charge in [0.15, 0.2) is 0 Å². The predicted molar refractivity (Wildman–Crippen MR) is 91.6 cm³/mol. The maximum Gasteiger partial charge on any atom is 0.234 e. The summed E-state index contributed by atoms with van der Waals surface area (Å²) in [5.41, 5.74) is 3.24. The molecule has 0 aromatic heterocycles. The molecule has 1 heterocycles. The van der Waals surface area contributed by atoms with Crippen molar-refractivity contribution in [1.29, 1.82) is 0 Å². The zero-order valence-electron chi connectivity index (χ0n) is 12.7. The predicted octanol–water partition coefficient (Wildman–Crippen LogP) is 4.15. The number of anilines is 1. The lowest BCUT2D eigenvalue weighted by Gasteiger charge is -2.11. The summed E-state index contributed by atoms with van der Waals surface area (Å²) in [6.07, 6.45) is 0.707. The zero-order valence-corrected chi connectivity index (χ0v) is 14.3. The third-order valence-electron chi connectivity index (χ3n) is 4.03. The molecule has 3 nitrogen and oxygen atoms in total. The fourth-order valence-corrected chi connectivity index (χ4v) is 3.30. The first-order valence-corrected chi connectivity index (χ1v) is 8.18. The van der Waals surface area contributed by atoms with Gasteiger partial charge in [0, 0.05) is 17.2 Å². The monoisotopic (exact) mass is 359 g/mol. The highest BCUT2D eigenvalue weighted by Crippen LogP contribution is 2.39. The van der Waals surface area contributed by atoms with Gasteiger partial charge in [-0.15, -0.1) is 0 Å². The average molecular weight is 360 g/mol. The summed E-state index contributed by atoms with van der Waals surface area (Å²) in [7, 11) is 1.84. The molecular formula is C18H18BrNO2. The van der Waals surface area contributed by atoms with Crippen molar-refractivity contribution in [3.05, 3.63) is 58.1 Å². The van der Waals surface area contributed by atoms with Gasteiger partial charge in [0.05, 0.1) is 12.5 Å². The van der Waals surface area contributed by atoms with Crippen LogP contribution in [-0.2, 0) is 11.2 Å². The molecule has 0 fully saturated rings. The number of amides is 1. The van der Waals surface area contributed by atoms with Crippen molar-refractivity contribution in [1.82, 2.24) is 0 Å². The van der Waals surface area contributed by atoms with Crippen LogP contribution in [0.4, 0.5) is 5.69 Å². The minimum Gasteiger partial charge on any atom is -0.494 e. The van der Waals surface area contributed by atoms with Crippen LogP contribution in [-0.4, -0.2) is 19.6 Å². The highest BCUT2D eigenvalue weighted by molar-refractivity contribution is 9.10. The summed E-state index contributed by atoms with van der Waals surface area (Å²) in [4.78, 5) is 14.3. The van der Waals surface area contributed by atoms with E-state index < -0.39 is 0 Å². The number of fused-ring (bicyclic) bond motifs is 1. The summed E-state index contributed by atoms with van der Waals surface area (Å²) in [6, 6.07) is 14.0. The van der Waals surface area contributed by atoms with Crippen molar-refractivity contribution in [3.63, 3.8) is 0 Å². The van der Waals surface area contributed by atoms with Crippen LogP contribution in [0.5, 0.6) is 5.75 Å². The molecule has 2 aromatic carbocycles. The van der Waals surface area contributed by atoms with Gasteiger partial charge in [-0.3, -0.25) is 4.79 Å². The van der Waals surface area contributed by atoms with Crippen LogP contribution in [0.2, 0.25) is 0 Å². The van der Waals surface area contributed by atoms with Crippen LogP contribution >= 0.6 is 15.9 Å². The molecule has 0 N–H and O–H groups in total. The summed E-state index contributed by atoms with van der Waals surface area (Å²) < 4.78 is 6.47. The molecule has 0 bridgehead atoms. The Morgan fingerprint density at radius 1 is 1.18 bits per heavy atom. The van der Waals surface area contributed by atoms with Crippen LogP contribution in [0.3, 0.4) is 0 Å². The molecule has 3 rings (SSSR count). The Bertz CT molecular complexity index is 697. The van der Waals surface area contributed by atoms with Gasteiger partial charge in [-0.25, -0.2) is 0 Å². The lowest BCUT2D eigenvalue weighted by molar-refractivity contribution is -0.119. The van der Waals surface area contributed by atoms with E-state index in [0.29, 0.717) is 13.0 Å². The fourth-order valence-electron chi connectivity index (χ4n) is 2.92. The van der Waals surface area contributed by atoms with Gasteiger partial charge in [-0.2, -0.15) is 0 Å². The molecule has 0 radical (unpaired) electrons. The minimum atomic E-state index is -0.115. The molecule has 0 saturated heterocycles. The van der Waals surface area contributed by atoms with Crippen molar-refractivity contribution in [2.24, 2.45) is 0 Å². The number of likely N-dealkylation sites (N-methyl/N-ethyl adjacent to an activating group) is 1. The Kier molecular flexibility index (Phi) is 4.21. The molecule has 0 spiro atoms. The van der Waals surface area contributed by atoms with Gasteiger partial charge in [-0.1, -0.05) is 28.1 Å². The Balaban J connectivity index is 1.86. The first-order chi connectivity index (χ1) is 10.6. The van der Waals surface area contributed by atoms with Gasteiger partial charge in [-0.05, 0) is 54.8 Å². The Labute approximate surface area is 139 Å². The molecule has 0 aliphatic carbocycles. The number of benzene rings is 2. The fraction of sp³-hybridized carbons (Fsp3) is 0.278. The molecular weight excluding hydrogens is 342 g/mol. The maximum atomic E-state index is 12.5. The number of halogens is 1. The molecule has 4 heteroatoms. The summed E-state index contributed by atoms with van der Waals surface area (Å²) in [5.74, 6) is 0.904. The third kappa shape index (κ3) is 2.75. The molecule has 114 valence electrons. The van der Waals surface area contributed by atoms with Gasteiger partial charge in [0.25, 0.3) is 0 Å². The number of carbonyl (C=O) groups is 1. The number of hydrogen-bond acceptors (Lipinski definition) is 2. The Hall–Kier alpha value is -1.81. The van der Waals surface area contributed by atoms with Crippen LogP contribution < -0.4 is 9.64 Å². The van der Waals surface area contributed by atoms with Gasteiger partial charge in [0.2, 0.25) is 5.91 Å². The Morgan fingerprint density at radius 2 is 1.91 bits per heavy atom. The number of rotatable bonds is 4. The van der Waals surface area contributed by atoms with Crippen LogP contribution in [0.15, 0.2) is 46.9 Å². The van der Waals surface area contributed by atoms with Crippen molar-refractivity contribution in [2.75, 3.05) is 18.6 Å². The molecule has 0 saturated carbocycles. The van der Waals surface area contributed by atoms with Crippen LogP contribution in [0.25, 0.3) is 0 Å². The van der Waals surface area contributed by atoms with E-state index in [1.807, 2.05) is 50.4 Å². The van der Waals surface area contributed by atoms with E-state index in [0.717, 1.165) is 27.0 Å². The second-order valence-electron chi connectivity index (χ2n) is 5.43. The molecule has 1 amide bonds. The smallest absolute Gasteiger partial charge is 0.234 e. The van der Waals surface area contributed by atoms with Gasteiger partial charge >= 0.3 is 0 Å². The number of ether oxygens (including phenoxy) is 1. The van der Waals surface area contributed by atoms with Gasteiger partial charge in [0.1, 0.15) is 5.75 Å². The minimum absolute atomic E-state index is 0.115. The number of hydrogen-bond donors (Lipinski definition) is 0.